The van der Waals surface area contributed by atoms with E-state index < -0.39 is 0 Å². The zero-order valence-corrected chi connectivity index (χ0v) is 5.76. The van der Waals surface area contributed by atoms with Crippen LogP contribution in [0.1, 0.15) is 11.2 Å². The van der Waals surface area contributed by atoms with Crippen LogP contribution in [0.25, 0.3) is 0 Å². The number of aromatic nitrogens is 2. The van der Waals surface area contributed by atoms with E-state index in [9.17, 15) is 0 Å². The summed E-state index contributed by atoms with van der Waals surface area (Å²) in [6.07, 6.45) is 3.13. The number of rotatable bonds is 0. The minimum Gasteiger partial charge on any atom is -0.355 e. The molecule has 1 aliphatic rings. The number of alkyl halides is 1. The summed E-state index contributed by atoms with van der Waals surface area (Å²) in [6, 6.07) is 0. The van der Waals surface area contributed by atoms with Crippen LogP contribution in [0.3, 0.4) is 0 Å². The molecule has 2 rings (SSSR count). The number of hydrogen-bond donors (Lipinski definition) is 2. The van der Waals surface area contributed by atoms with E-state index in [1.165, 1.54) is 0 Å². The molecule has 1 aromatic rings. The summed E-state index contributed by atoms with van der Waals surface area (Å²) in [6.45, 7) is 0. The molecule has 0 saturated carbocycles. The summed E-state index contributed by atoms with van der Waals surface area (Å²) in [7, 11) is 0. The van der Waals surface area contributed by atoms with Crippen LogP contribution in [0.4, 0.5) is 5.82 Å². The number of nitrogens with one attached hydrogen (secondary N) is 2. The SMILES string of the molecule is ClC1NC=Nc2[nH]cnc21. The normalized spacial score (nSPS) is 21.9. The van der Waals surface area contributed by atoms with E-state index in [4.69, 9.17) is 11.6 Å². The van der Waals surface area contributed by atoms with Crippen LogP contribution < -0.4 is 5.32 Å². The van der Waals surface area contributed by atoms with Crippen LogP contribution >= 0.6 is 11.6 Å². The molecule has 2 N–H and O–H groups in total. The molecule has 0 amide bonds. The van der Waals surface area contributed by atoms with Crippen molar-refractivity contribution < 1.29 is 0 Å². The van der Waals surface area contributed by atoms with Crippen molar-refractivity contribution in [2.24, 2.45) is 4.99 Å². The molecule has 0 fully saturated rings. The van der Waals surface area contributed by atoms with Crippen LogP contribution in [0.15, 0.2) is 11.3 Å². The maximum atomic E-state index is 5.80. The van der Waals surface area contributed by atoms with Crippen LogP contribution in [-0.4, -0.2) is 16.3 Å². The Kier molecular flexibility index (Phi) is 1.14. The molecule has 5 heteroatoms. The first-order chi connectivity index (χ1) is 4.88. The number of aliphatic imine (C=N–C) groups is 1. The molecule has 0 saturated heterocycles. The molecule has 0 spiro atoms. The molecule has 52 valence electrons. The second kappa shape index (κ2) is 1.98. The Morgan fingerprint density at radius 1 is 1.60 bits per heavy atom. The van der Waals surface area contributed by atoms with Gasteiger partial charge in [0.25, 0.3) is 0 Å². The van der Waals surface area contributed by atoms with Crippen molar-refractivity contribution in [3.05, 3.63) is 12.0 Å². The number of nitrogens with zero attached hydrogens (tertiary/aromatic N) is 2. The van der Waals surface area contributed by atoms with Gasteiger partial charge in [0.2, 0.25) is 0 Å². The van der Waals surface area contributed by atoms with Crippen LogP contribution in [0.5, 0.6) is 0 Å². The lowest BCUT2D eigenvalue weighted by molar-refractivity contribution is 0.842. The molecular weight excluding hydrogens is 152 g/mol. The molecule has 1 aromatic heterocycles. The highest BCUT2D eigenvalue weighted by Gasteiger charge is 2.16. The highest BCUT2D eigenvalue weighted by Crippen LogP contribution is 2.25. The van der Waals surface area contributed by atoms with E-state index in [-0.39, 0.29) is 5.50 Å². The van der Waals surface area contributed by atoms with Crippen molar-refractivity contribution in [1.82, 2.24) is 15.3 Å². The van der Waals surface area contributed by atoms with Crippen molar-refractivity contribution in [2.45, 2.75) is 5.50 Å². The first-order valence-corrected chi connectivity index (χ1v) is 3.27. The summed E-state index contributed by atoms with van der Waals surface area (Å²) in [4.78, 5) is 10.8. The zero-order valence-electron chi connectivity index (χ0n) is 5.00. The topological polar surface area (TPSA) is 53.1 Å². The van der Waals surface area contributed by atoms with Crippen molar-refractivity contribution in [3.8, 4) is 0 Å². The molecule has 0 radical (unpaired) electrons. The second-order valence-corrected chi connectivity index (χ2v) is 2.36. The molecule has 0 aliphatic carbocycles. The average Bonchev–Trinajstić information content (AvgIpc) is 2.36. The molecule has 2 heterocycles. The lowest BCUT2D eigenvalue weighted by Gasteiger charge is -2.10. The van der Waals surface area contributed by atoms with Crippen molar-refractivity contribution in [3.63, 3.8) is 0 Å². The Morgan fingerprint density at radius 3 is 3.30 bits per heavy atom. The van der Waals surface area contributed by atoms with Gasteiger partial charge >= 0.3 is 0 Å². The number of H-pyrrole nitrogens is 1. The summed E-state index contributed by atoms with van der Waals surface area (Å²) in [5.74, 6) is 0.735. The average molecular weight is 157 g/mol. The van der Waals surface area contributed by atoms with Gasteiger partial charge in [-0.05, 0) is 0 Å². The summed E-state index contributed by atoms with van der Waals surface area (Å²) < 4.78 is 0. The molecule has 10 heavy (non-hydrogen) atoms. The van der Waals surface area contributed by atoms with E-state index >= 15 is 0 Å². The van der Waals surface area contributed by atoms with Gasteiger partial charge in [-0.25, -0.2) is 9.98 Å². The molecule has 4 nitrogen and oxygen atoms in total. The van der Waals surface area contributed by atoms with E-state index in [1.807, 2.05) is 0 Å². The van der Waals surface area contributed by atoms with Gasteiger partial charge in [0.15, 0.2) is 5.82 Å². The van der Waals surface area contributed by atoms with Gasteiger partial charge in [-0.1, -0.05) is 11.6 Å². The predicted octanol–water partition coefficient (Wildman–Crippen LogP) is 0.910. The first kappa shape index (κ1) is 5.73. The summed E-state index contributed by atoms with van der Waals surface area (Å²) >= 11 is 5.80. The van der Waals surface area contributed by atoms with Gasteiger partial charge in [-0.2, -0.15) is 0 Å². The molecule has 0 aromatic carbocycles. The lowest BCUT2D eigenvalue weighted by atomic mass is 10.4. The maximum absolute atomic E-state index is 5.80. The molecular formula is C5H5ClN4. The fourth-order valence-electron chi connectivity index (χ4n) is 0.833. The van der Waals surface area contributed by atoms with Crippen molar-refractivity contribution in [2.75, 3.05) is 0 Å². The minimum atomic E-state index is -0.251. The Balaban J connectivity index is 2.52. The number of halogens is 1. The Labute approximate surface area is 62.3 Å². The minimum absolute atomic E-state index is 0.251. The molecule has 1 aliphatic heterocycles. The van der Waals surface area contributed by atoms with Gasteiger partial charge in [-0.3, -0.25) is 0 Å². The van der Waals surface area contributed by atoms with Crippen molar-refractivity contribution in [1.29, 1.82) is 0 Å². The number of hydrogen-bond acceptors (Lipinski definition) is 3. The maximum Gasteiger partial charge on any atom is 0.158 e. The monoisotopic (exact) mass is 156 g/mol. The van der Waals surface area contributed by atoms with Gasteiger partial charge < -0.3 is 10.3 Å². The number of imidazole rings is 1. The third-order valence-electron chi connectivity index (χ3n) is 1.30. The number of aromatic amines is 1. The fourth-order valence-corrected chi connectivity index (χ4v) is 1.05. The second-order valence-electron chi connectivity index (χ2n) is 1.92. The first-order valence-electron chi connectivity index (χ1n) is 2.84. The number of fused-ring (bicyclic) bond motifs is 1. The molecule has 1 atom stereocenters. The fraction of sp³-hybridized carbons (Fsp3) is 0.200. The molecule has 1 unspecified atom stereocenters. The third kappa shape index (κ3) is 0.690. The highest BCUT2D eigenvalue weighted by molar-refractivity contribution is 6.21. The quantitative estimate of drug-likeness (QED) is 0.433. The van der Waals surface area contributed by atoms with Crippen LogP contribution in [-0.2, 0) is 0 Å². The highest BCUT2D eigenvalue weighted by atomic mass is 35.5. The van der Waals surface area contributed by atoms with Crippen LogP contribution in [0, 0.1) is 0 Å². The Morgan fingerprint density at radius 2 is 2.50 bits per heavy atom. The lowest BCUT2D eigenvalue weighted by Crippen LogP contribution is -2.17. The van der Waals surface area contributed by atoms with E-state index in [0.29, 0.717) is 0 Å². The zero-order chi connectivity index (χ0) is 6.97. The largest absolute Gasteiger partial charge is 0.355 e. The summed E-state index contributed by atoms with van der Waals surface area (Å²) in [5, 5.41) is 2.82. The van der Waals surface area contributed by atoms with E-state index in [0.717, 1.165) is 11.5 Å². The standard InChI is InChI=1S/C5H5ClN4/c6-4-3-5(9-1-7-3)10-2-8-4/h1-2,4H,(H,7,9)(H,8,10). The predicted molar refractivity (Wildman–Crippen MR) is 38.5 cm³/mol. The summed E-state index contributed by atoms with van der Waals surface area (Å²) in [5.41, 5.74) is 0.503. The van der Waals surface area contributed by atoms with Gasteiger partial charge in [-0.15, -0.1) is 0 Å². The van der Waals surface area contributed by atoms with E-state index in [1.54, 1.807) is 12.7 Å². The van der Waals surface area contributed by atoms with Gasteiger partial charge in [0, 0.05) is 0 Å². The molecule has 0 bridgehead atoms. The Hall–Kier alpha value is -1.03. The third-order valence-corrected chi connectivity index (χ3v) is 1.63. The van der Waals surface area contributed by atoms with Crippen molar-refractivity contribution >= 4 is 23.8 Å². The van der Waals surface area contributed by atoms with Gasteiger partial charge in [0.05, 0.1) is 12.7 Å². The Bertz CT molecular complexity index is 266. The van der Waals surface area contributed by atoms with E-state index in [2.05, 4.69) is 20.3 Å². The van der Waals surface area contributed by atoms with Gasteiger partial charge in [0.1, 0.15) is 11.2 Å². The smallest absolute Gasteiger partial charge is 0.158 e. The van der Waals surface area contributed by atoms with Crippen LogP contribution in [0.2, 0.25) is 0 Å².